The van der Waals surface area contributed by atoms with Gasteiger partial charge >= 0.3 is 0 Å². The average Bonchev–Trinajstić information content (AvgIpc) is 2.54. The smallest absolute Gasteiger partial charge is 0.252 e. The van der Waals surface area contributed by atoms with Gasteiger partial charge in [-0.2, -0.15) is 0 Å². The summed E-state index contributed by atoms with van der Waals surface area (Å²) < 4.78 is 5.65. The van der Waals surface area contributed by atoms with Crippen molar-refractivity contribution >= 4 is 11.8 Å². The molecule has 2 amide bonds. The first-order chi connectivity index (χ1) is 10.9. The van der Waals surface area contributed by atoms with E-state index in [0.717, 1.165) is 19.3 Å². The summed E-state index contributed by atoms with van der Waals surface area (Å²) in [4.78, 5) is 24.4. The zero-order valence-corrected chi connectivity index (χ0v) is 13.9. The minimum atomic E-state index is -0.913. The van der Waals surface area contributed by atoms with E-state index in [2.05, 4.69) is 19.2 Å². The molecule has 5 nitrogen and oxygen atoms in total. The van der Waals surface area contributed by atoms with Gasteiger partial charge in [0, 0.05) is 5.56 Å². The predicted molar refractivity (Wildman–Crippen MR) is 89.3 cm³/mol. The molecule has 2 rings (SSSR count). The van der Waals surface area contributed by atoms with E-state index < -0.39 is 11.4 Å². The second kappa shape index (κ2) is 7.49. The molecule has 23 heavy (non-hydrogen) atoms. The number of carbonyl (C=O) groups excluding carboxylic acids is 2. The minimum absolute atomic E-state index is 0.277. The Hall–Kier alpha value is -2.04. The SMILES string of the molecule is CC(C)COc1cccc(C(=O)NC2(C(N)=O)CCCCC2)c1. The summed E-state index contributed by atoms with van der Waals surface area (Å²) in [6.45, 7) is 4.73. The van der Waals surface area contributed by atoms with Gasteiger partial charge in [-0.1, -0.05) is 39.2 Å². The maximum Gasteiger partial charge on any atom is 0.252 e. The van der Waals surface area contributed by atoms with Crippen molar-refractivity contribution in [1.29, 1.82) is 0 Å². The van der Waals surface area contributed by atoms with Crippen molar-refractivity contribution in [2.45, 2.75) is 51.5 Å². The van der Waals surface area contributed by atoms with Crippen molar-refractivity contribution in [3.05, 3.63) is 29.8 Å². The summed E-state index contributed by atoms with van der Waals surface area (Å²) >= 11 is 0. The standard InChI is InChI=1S/C18H26N2O3/c1-13(2)12-23-15-8-6-7-14(11-15)16(21)20-18(17(19)22)9-4-3-5-10-18/h6-8,11,13H,3-5,9-10,12H2,1-2H3,(H2,19,22)(H,20,21). The lowest BCUT2D eigenvalue weighted by Gasteiger charge is -2.35. The van der Waals surface area contributed by atoms with E-state index in [0.29, 0.717) is 36.7 Å². The number of nitrogens with two attached hydrogens (primary N) is 1. The first-order valence-electron chi connectivity index (χ1n) is 8.28. The van der Waals surface area contributed by atoms with Crippen molar-refractivity contribution < 1.29 is 14.3 Å². The molecule has 0 atom stereocenters. The van der Waals surface area contributed by atoms with Gasteiger partial charge in [-0.3, -0.25) is 9.59 Å². The number of hydrogen-bond donors (Lipinski definition) is 2. The van der Waals surface area contributed by atoms with Crippen molar-refractivity contribution in [2.75, 3.05) is 6.61 Å². The average molecular weight is 318 g/mol. The van der Waals surface area contributed by atoms with Crippen LogP contribution in [0.4, 0.5) is 0 Å². The van der Waals surface area contributed by atoms with Crippen LogP contribution in [0.25, 0.3) is 0 Å². The summed E-state index contributed by atoms with van der Waals surface area (Å²) in [5, 5.41) is 2.87. The number of primary amides is 1. The fourth-order valence-corrected chi connectivity index (χ4v) is 2.87. The fourth-order valence-electron chi connectivity index (χ4n) is 2.87. The normalized spacial score (nSPS) is 16.8. The Morgan fingerprint density at radius 3 is 2.57 bits per heavy atom. The van der Waals surface area contributed by atoms with E-state index in [1.54, 1.807) is 18.2 Å². The van der Waals surface area contributed by atoms with Gasteiger partial charge < -0.3 is 15.8 Å². The van der Waals surface area contributed by atoms with Crippen LogP contribution in [0.3, 0.4) is 0 Å². The van der Waals surface area contributed by atoms with Gasteiger partial charge in [0.05, 0.1) is 6.61 Å². The molecule has 0 radical (unpaired) electrons. The third-order valence-corrected chi connectivity index (χ3v) is 4.21. The molecule has 0 spiro atoms. The van der Waals surface area contributed by atoms with Gasteiger partial charge in [0.1, 0.15) is 11.3 Å². The Labute approximate surface area is 137 Å². The molecule has 0 bridgehead atoms. The Kier molecular flexibility index (Phi) is 5.64. The number of amides is 2. The van der Waals surface area contributed by atoms with Gasteiger partial charge in [-0.15, -0.1) is 0 Å². The third kappa shape index (κ3) is 4.47. The molecule has 0 heterocycles. The van der Waals surface area contributed by atoms with E-state index in [4.69, 9.17) is 10.5 Å². The molecular formula is C18H26N2O3. The lowest BCUT2D eigenvalue weighted by atomic mass is 9.81. The molecule has 126 valence electrons. The van der Waals surface area contributed by atoms with Crippen LogP contribution in [0.2, 0.25) is 0 Å². The monoisotopic (exact) mass is 318 g/mol. The second-order valence-corrected chi connectivity index (χ2v) is 6.69. The first-order valence-corrected chi connectivity index (χ1v) is 8.28. The summed E-state index contributed by atoms with van der Waals surface area (Å²) in [7, 11) is 0. The predicted octanol–water partition coefficient (Wildman–Crippen LogP) is 2.64. The molecule has 1 fully saturated rings. The van der Waals surface area contributed by atoms with Crippen LogP contribution in [0, 0.1) is 5.92 Å². The van der Waals surface area contributed by atoms with Crippen molar-refractivity contribution in [2.24, 2.45) is 11.7 Å². The van der Waals surface area contributed by atoms with Crippen LogP contribution in [0.15, 0.2) is 24.3 Å². The molecule has 0 aliphatic heterocycles. The van der Waals surface area contributed by atoms with Crippen molar-refractivity contribution in [3.8, 4) is 5.75 Å². The quantitative estimate of drug-likeness (QED) is 0.846. The number of ether oxygens (including phenoxy) is 1. The summed E-state index contributed by atoms with van der Waals surface area (Å²) in [6, 6.07) is 7.02. The van der Waals surface area contributed by atoms with Crippen LogP contribution in [-0.2, 0) is 4.79 Å². The molecule has 1 saturated carbocycles. The van der Waals surface area contributed by atoms with E-state index in [1.165, 1.54) is 0 Å². The minimum Gasteiger partial charge on any atom is -0.493 e. The Bertz CT molecular complexity index is 563. The zero-order valence-electron chi connectivity index (χ0n) is 13.9. The van der Waals surface area contributed by atoms with Gasteiger partial charge in [-0.05, 0) is 37.0 Å². The number of carbonyl (C=O) groups is 2. The summed E-state index contributed by atoms with van der Waals surface area (Å²) in [6.07, 6.45) is 4.10. The zero-order chi connectivity index (χ0) is 16.9. The maximum atomic E-state index is 12.5. The van der Waals surface area contributed by atoms with Crippen LogP contribution in [-0.4, -0.2) is 24.0 Å². The molecule has 0 aromatic heterocycles. The molecule has 0 saturated heterocycles. The van der Waals surface area contributed by atoms with Crippen LogP contribution in [0.5, 0.6) is 5.75 Å². The number of rotatable bonds is 6. The number of nitrogens with one attached hydrogen (secondary N) is 1. The number of hydrogen-bond acceptors (Lipinski definition) is 3. The molecule has 1 aliphatic carbocycles. The van der Waals surface area contributed by atoms with Gasteiger partial charge in [0.15, 0.2) is 0 Å². The van der Waals surface area contributed by atoms with Gasteiger partial charge in [0.25, 0.3) is 5.91 Å². The van der Waals surface area contributed by atoms with E-state index in [1.807, 2.05) is 6.07 Å². The Morgan fingerprint density at radius 2 is 1.96 bits per heavy atom. The first kappa shape index (κ1) is 17.3. The highest BCUT2D eigenvalue weighted by molar-refractivity contribution is 5.99. The summed E-state index contributed by atoms with van der Waals surface area (Å²) in [5.41, 5.74) is 5.13. The van der Waals surface area contributed by atoms with Gasteiger partial charge in [0.2, 0.25) is 5.91 Å². The largest absolute Gasteiger partial charge is 0.493 e. The highest BCUT2D eigenvalue weighted by Crippen LogP contribution is 2.28. The maximum absolute atomic E-state index is 12.5. The molecule has 1 aromatic carbocycles. The Morgan fingerprint density at radius 1 is 1.26 bits per heavy atom. The van der Waals surface area contributed by atoms with E-state index in [9.17, 15) is 9.59 Å². The molecule has 0 unspecified atom stereocenters. The molecule has 3 N–H and O–H groups in total. The Balaban J connectivity index is 2.10. The lowest BCUT2D eigenvalue weighted by molar-refractivity contribution is -0.125. The van der Waals surface area contributed by atoms with E-state index in [-0.39, 0.29) is 5.91 Å². The molecule has 1 aromatic rings. The topological polar surface area (TPSA) is 81.4 Å². The van der Waals surface area contributed by atoms with E-state index >= 15 is 0 Å². The number of benzene rings is 1. The second-order valence-electron chi connectivity index (χ2n) is 6.69. The third-order valence-electron chi connectivity index (χ3n) is 4.21. The molecule has 1 aliphatic rings. The molecular weight excluding hydrogens is 292 g/mol. The van der Waals surface area contributed by atoms with Crippen LogP contribution in [0.1, 0.15) is 56.3 Å². The highest BCUT2D eigenvalue weighted by Gasteiger charge is 2.39. The summed E-state index contributed by atoms with van der Waals surface area (Å²) in [5.74, 6) is 0.342. The molecule has 5 heteroatoms. The van der Waals surface area contributed by atoms with Crippen molar-refractivity contribution in [1.82, 2.24) is 5.32 Å². The van der Waals surface area contributed by atoms with Gasteiger partial charge in [-0.25, -0.2) is 0 Å². The van der Waals surface area contributed by atoms with Crippen LogP contribution < -0.4 is 15.8 Å². The van der Waals surface area contributed by atoms with Crippen LogP contribution >= 0.6 is 0 Å². The lowest BCUT2D eigenvalue weighted by Crippen LogP contribution is -2.58. The fraction of sp³-hybridized carbons (Fsp3) is 0.556. The van der Waals surface area contributed by atoms with Crippen molar-refractivity contribution in [3.63, 3.8) is 0 Å². The highest BCUT2D eigenvalue weighted by atomic mass is 16.5.